The lowest BCUT2D eigenvalue weighted by Crippen LogP contribution is -2.26. The Hall–Kier alpha value is -0.480. The molecule has 1 aromatic rings. The standard InChI is InChI=1S/C13H25N3S/c1-4-8-14-12(11-17-6-3)13-7-9-15-16(13)10-5-2/h7,9,12,14H,4-6,8,10-11H2,1-3H3. The summed E-state index contributed by atoms with van der Waals surface area (Å²) in [5.74, 6) is 2.30. The Morgan fingerprint density at radius 3 is 2.82 bits per heavy atom. The Morgan fingerprint density at radius 1 is 1.35 bits per heavy atom. The zero-order valence-corrected chi connectivity index (χ0v) is 12.1. The Bertz CT molecular complexity index is 291. The third-order valence-electron chi connectivity index (χ3n) is 2.67. The summed E-state index contributed by atoms with van der Waals surface area (Å²) in [7, 11) is 0. The number of nitrogens with one attached hydrogen (secondary N) is 1. The van der Waals surface area contributed by atoms with E-state index in [1.807, 2.05) is 18.0 Å². The first-order valence-corrected chi connectivity index (χ1v) is 7.81. The molecule has 0 saturated carbocycles. The monoisotopic (exact) mass is 255 g/mol. The lowest BCUT2D eigenvalue weighted by Gasteiger charge is -2.19. The molecule has 98 valence electrons. The first-order chi connectivity index (χ1) is 8.33. The van der Waals surface area contributed by atoms with Crippen molar-refractivity contribution in [3.05, 3.63) is 18.0 Å². The van der Waals surface area contributed by atoms with Gasteiger partial charge in [-0.25, -0.2) is 0 Å². The van der Waals surface area contributed by atoms with Gasteiger partial charge in [0.15, 0.2) is 0 Å². The zero-order chi connectivity index (χ0) is 12.5. The Kier molecular flexibility index (Phi) is 7.37. The van der Waals surface area contributed by atoms with Crippen LogP contribution in [-0.2, 0) is 6.54 Å². The van der Waals surface area contributed by atoms with Gasteiger partial charge in [-0.05, 0) is 31.2 Å². The maximum absolute atomic E-state index is 4.41. The van der Waals surface area contributed by atoms with E-state index >= 15 is 0 Å². The summed E-state index contributed by atoms with van der Waals surface area (Å²) >= 11 is 1.99. The van der Waals surface area contributed by atoms with Crippen LogP contribution in [-0.4, -0.2) is 27.8 Å². The molecule has 0 saturated heterocycles. The van der Waals surface area contributed by atoms with Gasteiger partial charge in [0.25, 0.3) is 0 Å². The van der Waals surface area contributed by atoms with Crippen molar-refractivity contribution in [1.82, 2.24) is 15.1 Å². The van der Waals surface area contributed by atoms with Gasteiger partial charge in [-0.3, -0.25) is 4.68 Å². The predicted octanol–water partition coefficient (Wildman–Crippen LogP) is 3.09. The van der Waals surface area contributed by atoms with E-state index in [0.717, 1.165) is 25.3 Å². The van der Waals surface area contributed by atoms with E-state index in [2.05, 4.69) is 41.9 Å². The van der Waals surface area contributed by atoms with Gasteiger partial charge in [0, 0.05) is 18.5 Å². The first-order valence-electron chi connectivity index (χ1n) is 6.66. The fraction of sp³-hybridized carbons (Fsp3) is 0.769. The normalized spacial score (nSPS) is 12.9. The van der Waals surface area contributed by atoms with E-state index in [-0.39, 0.29) is 0 Å². The molecule has 1 heterocycles. The molecule has 0 radical (unpaired) electrons. The van der Waals surface area contributed by atoms with Gasteiger partial charge in [-0.1, -0.05) is 20.8 Å². The van der Waals surface area contributed by atoms with Crippen molar-refractivity contribution in [2.45, 2.75) is 46.2 Å². The molecule has 1 atom stereocenters. The molecule has 0 bridgehead atoms. The summed E-state index contributed by atoms with van der Waals surface area (Å²) in [6.45, 7) is 8.71. The fourth-order valence-corrected chi connectivity index (χ4v) is 2.60. The van der Waals surface area contributed by atoms with Gasteiger partial charge in [0.2, 0.25) is 0 Å². The minimum Gasteiger partial charge on any atom is -0.308 e. The molecule has 0 aliphatic rings. The Balaban J connectivity index is 2.68. The van der Waals surface area contributed by atoms with Gasteiger partial charge in [-0.2, -0.15) is 16.9 Å². The average Bonchev–Trinajstić information content (AvgIpc) is 2.78. The van der Waals surface area contributed by atoms with Gasteiger partial charge in [0.1, 0.15) is 0 Å². The first kappa shape index (κ1) is 14.6. The number of nitrogens with zero attached hydrogens (tertiary/aromatic N) is 2. The Labute approximate surface area is 109 Å². The van der Waals surface area contributed by atoms with Gasteiger partial charge in [0.05, 0.1) is 11.7 Å². The molecule has 1 aromatic heterocycles. The summed E-state index contributed by atoms with van der Waals surface area (Å²) in [5, 5.41) is 8.03. The van der Waals surface area contributed by atoms with Crippen LogP contribution in [0.15, 0.2) is 12.3 Å². The van der Waals surface area contributed by atoms with Gasteiger partial charge < -0.3 is 5.32 Å². The second kappa shape index (κ2) is 8.59. The minimum atomic E-state index is 0.439. The largest absolute Gasteiger partial charge is 0.308 e. The predicted molar refractivity (Wildman–Crippen MR) is 76.6 cm³/mol. The van der Waals surface area contributed by atoms with Crippen LogP contribution in [0.3, 0.4) is 0 Å². The van der Waals surface area contributed by atoms with Crippen LogP contribution in [0, 0.1) is 0 Å². The lowest BCUT2D eigenvalue weighted by molar-refractivity contribution is 0.499. The molecule has 3 nitrogen and oxygen atoms in total. The highest BCUT2D eigenvalue weighted by atomic mass is 32.2. The van der Waals surface area contributed by atoms with E-state index < -0.39 is 0 Å². The average molecular weight is 255 g/mol. The molecule has 1 rings (SSSR count). The highest BCUT2D eigenvalue weighted by Gasteiger charge is 2.14. The minimum absolute atomic E-state index is 0.439. The van der Waals surface area contributed by atoms with Crippen molar-refractivity contribution >= 4 is 11.8 Å². The summed E-state index contributed by atoms with van der Waals surface area (Å²) in [4.78, 5) is 0. The molecule has 4 heteroatoms. The second-order valence-electron chi connectivity index (χ2n) is 4.15. The molecule has 0 spiro atoms. The highest BCUT2D eigenvalue weighted by molar-refractivity contribution is 7.99. The van der Waals surface area contributed by atoms with Crippen LogP contribution in [0.2, 0.25) is 0 Å². The van der Waals surface area contributed by atoms with E-state index in [9.17, 15) is 0 Å². The van der Waals surface area contributed by atoms with Crippen molar-refractivity contribution in [2.24, 2.45) is 0 Å². The number of aromatic nitrogens is 2. The SMILES string of the molecule is CCCNC(CSCC)c1ccnn1CCC. The van der Waals surface area contributed by atoms with E-state index in [1.54, 1.807) is 0 Å². The van der Waals surface area contributed by atoms with Crippen LogP contribution >= 0.6 is 11.8 Å². The number of thioether (sulfide) groups is 1. The van der Waals surface area contributed by atoms with Crippen molar-refractivity contribution in [3.8, 4) is 0 Å². The summed E-state index contributed by atoms with van der Waals surface area (Å²) in [5.41, 5.74) is 1.33. The third-order valence-corrected chi connectivity index (χ3v) is 3.65. The number of aryl methyl sites for hydroxylation is 1. The number of hydrogen-bond acceptors (Lipinski definition) is 3. The molecule has 0 fully saturated rings. The van der Waals surface area contributed by atoms with Crippen molar-refractivity contribution in [3.63, 3.8) is 0 Å². The van der Waals surface area contributed by atoms with Crippen molar-refractivity contribution in [1.29, 1.82) is 0 Å². The van der Waals surface area contributed by atoms with E-state index in [4.69, 9.17) is 0 Å². The molecule has 1 unspecified atom stereocenters. The van der Waals surface area contributed by atoms with Crippen LogP contribution in [0.25, 0.3) is 0 Å². The second-order valence-corrected chi connectivity index (χ2v) is 5.46. The summed E-state index contributed by atoms with van der Waals surface area (Å²) in [6.07, 6.45) is 4.23. The quantitative estimate of drug-likeness (QED) is 0.735. The van der Waals surface area contributed by atoms with Crippen molar-refractivity contribution in [2.75, 3.05) is 18.1 Å². The van der Waals surface area contributed by atoms with Crippen LogP contribution < -0.4 is 5.32 Å². The van der Waals surface area contributed by atoms with Crippen LogP contribution in [0.5, 0.6) is 0 Å². The number of rotatable bonds is 9. The van der Waals surface area contributed by atoms with Crippen molar-refractivity contribution < 1.29 is 0 Å². The molecule has 0 amide bonds. The maximum atomic E-state index is 4.41. The van der Waals surface area contributed by atoms with Gasteiger partial charge >= 0.3 is 0 Å². The molecular weight excluding hydrogens is 230 g/mol. The summed E-state index contributed by atoms with van der Waals surface area (Å²) < 4.78 is 2.14. The van der Waals surface area contributed by atoms with E-state index in [0.29, 0.717) is 6.04 Å². The maximum Gasteiger partial charge on any atom is 0.0583 e. The molecule has 1 N–H and O–H groups in total. The molecule has 0 aliphatic carbocycles. The topological polar surface area (TPSA) is 29.9 Å². The molecular formula is C13H25N3S. The summed E-state index contributed by atoms with van der Waals surface area (Å²) in [6, 6.07) is 2.59. The number of hydrogen-bond donors (Lipinski definition) is 1. The van der Waals surface area contributed by atoms with Crippen LogP contribution in [0.4, 0.5) is 0 Å². The molecule has 0 aliphatic heterocycles. The van der Waals surface area contributed by atoms with Crippen LogP contribution in [0.1, 0.15) is 45.3 Å². The van der Waals surface area contributed by atoms with Gasteiger partial charge in [-0.15, -0.1) is 0 Å². The highest BCUT2D eigenvalue weighted by Crippen LogP contribution is 2.18. The van der Waals surface area contributed by atoms with E-state index in [1.165, 1.54) is 17.9 Å². The third kappa shape index (κ3) is 4.72. The Morgan fingerprint density at radius 2 is 2.18 bits per heavy atom. The molecule has 17 heavy (non-hydrogen) atoms. The zero-order valence-electron chi connectivity index (χ0n) is 11.3. The lowest BCUT2D eigenvalue weighted by atomic mass is 10.2. The smallest absolute Gasteiger partial charge is 0.0583 e. The molecule has 0 aromatic carbocycles. The fourth-order valence-electron chi connectivity index (χ4n) is 1.84.